The fourth-order valence-electron chi connectivity index (χ4n) is 3.44. The summed E-state index contributed by atoms with van der Waals surface area (Å²) in [6.07, 6.45) is 0.274. The van der Waals surface area contributed by atoms with Gasteiger partial charge in [0.15, 0.2) is 0 Å². The van der Waals surface area contributed by atoms with Gasteiger partial charge in [0.2, 0.25) is 11.8 Å². The molecule has 0 bridgehead atoms. The number of hydrogen-bond acceptors (Lipinski definition) is 5. The summed E-state index contributed by atoms with van der Waals surface area (Å²) in [4.78, 5) is 54.8. The van der Waals surface area contributed by atoms with Crippen molar-refractivity contribution in [3.8, 4) is 0 Å². The van der Waals surface area contributed by atoms with Gasteiger partial charge in [-0.05, 0) is 12.1 Å². The summed E-state index contributed by atoms with van der Waals surface area (Å²) in [5.41, 5.74) is 0.494. The van der Waals surface area contributed by atoms with E-state index in [1.165, 1.54) is 11.0 Å². The Balaban J connectivity index is 1.75. The number of nitrogens with one attached hydrogen (secondary N) is 1. The second-order valence-corrected chi connectivity index (χ2v) is 6.84. The second kappa shape index (κ2) is 7.87. The number of ketones is 1. The van der Waals surface area contributed by atoms with E-state index in [0.717, 1.165) is 6.54 Å². The van der Waals surface area contributed by atoms with Gasteiger partial charge < -0.3 is 15.1 Å². The highest BCUT2D eigenvalue weighted by molar-refractivity contribution is 6.44. The molecule has 27 heavy (non-hydrogen) atoms. The molecule has 1 N–H and O–H groups in total. The molecule has 144 valence electrons. The van der Waals surface area contributed by atoms with Crippen molar-refractivity contribution in [3.05, 3.63) is 29.8 Å². The van der Waals surface area contributed by atoms with Gasteiger partial charge in [0.1, 0.15) is 6.04 Å². The van der Waals surface area contributed by atoms with Gasteiger partial charge in [0, 0.05) is 46.2 Å². The number of Topliss-reactive ketones (excluding diaryl/α,β-unsaturated/α-hetero) is 1. The zero-order valence-corrected chi connectivity index (χ0v) is 15.6. The van der Waals surface area contributed by atoms with Gasteiger partial charge in [-0.3, -0.25) is 24.1 Å². The highest BCUT2D eigenvalue weighted by Gasteiger charge is 2.40. The van der Waals surface area contributed by atoms with Crippen molar-refractivity contribution in [2.75, 3.05) is 45.1 Å². The molecule has 1 atom stereocenters. The standard InChI is InChI=1S/C19H24N4O4/c1-3-16(24)20-14-7-5-4-6-13(14)17(25)19(27)23-11-10-22-9-8-21(2)18(26)15(22)12-23/h4-7,15H,3,8-12H2,1-2H3,(H,20,24). The third-order valence-corrected chi connectivity index (χ3v) is 5.12. The Hall–Kier alpha value is -2.74. The van der Waals surface area contributed by atoms with Crippen LogP contribution in [0, 0.1) is 0 Å². The lowest BCUT2D eigenvalue weighted by Crippen LogP contribution is -2.65. The fourth-order valence-corrected chi connectivity index (χ4v) is 3.44. The highest BCUT2D eigenvalue weighted by Crippen LogP contribution is 2.20. The summed E-state index contributed by atoms with van der Waals surface area (Å²) in [5.74, 6) is -1.57. The van der Waals surface area contributed by atoms with Crippen LogP contribution < -0.4 is 5.32 Å². The van der Waals surface area contributed by atoms with Crippen LogP contribution in [-0.4, -0.2) is 84.0 Å². The summed E-state index contributed by atoms with van der Waals surface area (Å²) >= 11 is 0. The number of nitrogens with zero attached hydrogens (tertiary/aromatic N) is 3. The van der Waals surface area contributed by atoms with Crippen LogP contribution in [0.3, 0.4) is 0 Å². The van der Waals surface area contributed by atoms with Gasteiger partial charge >= 0.3 is 0 Å². The maximum absolute atomic E-state index is 12.8. The lowest BCUT2D eigenvalue weighted by molar-refractivity contribution is -0.146. The minimum atomic E-state index is -0.674. The van der Waals surface area contributed by atoms with E-state index in [9.17, 15) is 19.2 Å². The summed E-state index contributed by atoms with van der Waals surface area (Å²) in [6, 6.07) is 6.08. The fraction of sp³-hybridized carbons (Fsp3) is 0.474. The van der Waals surface area contributed by atoms with Crippen molar-refractivity contribution in [3.63, 3.8) is 0 Å². The van der Waals surface area contributed by atoms with Crippen molar-refractivity contribution in [1.29, 1.82) is 0 Å². The molecule has 8 nitrogen and oxygen atoms in total. The number of piperazine rings is 2. The number of rotatable bonds is 4. The first kappa shape index (κ1) is 19.0. The van der Waals surface area contributed by atoms with E-state index >= 15 is 0 Å². The van der Waals surface area contributed by atoms with E-state index in [2.05, 4.69) is 10.2 Å². The first-order valence-corrected chi connectivity index (χ1v) is 9.14. The van der Waals surface area contributed by atoms with E-state index in [1.807, 2.05) is 0 Å². The monoisotopic (exact) mass is 372 g/mol. The number of carbonyl (C=O) groups excluding carboxylic acids is 4. The molecule has 0 radical (unpaired) electrons. The van der Waals surface area contributed by atoms with Gasteiger partial charge in [-0.25, -0.2) is 0 Å². The molecule has 0 aliphatic carbocycles. The molecule has 1 aromatic rings. The van der Waals surface area contributed by atoms with E-state index in [0.29, 0.717) is 25.3 Å². The third-order valence-electron chi connectivity index (χ3n) is 5.12. The lowest BCUT2D eigenvalue weighted by atomic mass is 10.0. The second-order valence-electron chi connectivity index (χ2n) is 6.84. The van der Waals surface area contributed by atoms with Crippen molar-refractivity contribution in [1.82, 2.24) is 14.7 Å². The van der Waals surface area contributed by atoms with Gasteiger partial charge in [-0.2, -0.15) is 0 Å². The molecule has 1 aromatic carbocycles. The number of para-hydroxylation sites is 1. The molecule has 1 unspecified atom stereocenters. The van der Waals surface area contributed by atoms with Crippen LogP contribution >= 0.6 is 0 Å². The minimum absolute atomic E-state index is 0.0261. The largest absolute Gasteiger partial charge is 0.343 e. The molecule has 2 saturated heterocycles. The number of benzene rings is 1. The van der Waals surface area contributed by atoms with Crippen molar-refractivity contribution >= 4 is 29.2 Å². The Labute approximate surface area is 158 Å². The number of carbonyl (C=O) groups is 4. The number of fused-ring (bicyclic) bond motifs is 1. The molecule has 0 spiro atoms. The Morgan fingerprint density at radius 2 is 1.81 bits per heavy atom. The van der Waals surface area contributed by atoms with E-state index < -0.39 is 17.7 Å². The van der Waals surface area contributed by atoms with Gasteiger partial charge in [-0.15, -0.1) is 0 Å². The van der Waals surface area contributed by atoms with Gasteiger partial charge in [-0.1, -0.05) is 19.1 Å². The average Bonchev–Trinajstić information content (AvgIpc) is 2.69. The summed E-state index contributed by atoms with van der Waals surface area (Å²) in [7, 11) is 1.75. The first-order chi connectivity index (χ1) is 12.9. The molecule has 2 aliphatic heterocycles. The zero-order valence-electron chi connectivity index (χ0n) is 15.6. The minimum Gasteiger partial charge on any atom is -0.343 e. The quantitative estimate of drug-likeness (QED) is 0.603. The molecule has 8 heteroatoms. The Kier molecular flexibility index (Phi) is 5.55. The molecular formula is C19H24N4O4. The van der Waals surface area contributed by atoms with Crippen molar-refractivity contribution in [2.45, 2.75) is 19.4 Å². The SMILES string of the molecule is CCC(=O)Nc1ccccc1C(=O)C(=O)N1CCN2CCN(C)C(=O)C2C1. The van der Waals surface area contributed by atoms with Crippen LogP contribution in [0.4, 0.5) is 5.69 Å². The lowest BCUT2D eigenvalue weighted by Gasteiger charge is -2.45. The third kappa shape index (κ3) is 3.85. The number of amides is 3. The van der Waals surface area contributed by atoms with Crippen LogP contribution in [0.15, 0.2) is 24.3 Å². The van der Waals surface area contributed by atoms with E-state index in [4.69, 9.17) is 0 Å². The van der Waals surface area contributed by atoms with Crippen LogP contribution in [0.5, 0.6) is 0 Å². The molecule has 2 aliphatic rings. The molecule has 2 fully saturated rings. The van der Waals surface area contributed by atoms with E-state index in [-0.39, 0.29) is 30.3 Å². The highest BCUT2D eigenvalue weighted by atomic mass is 16.2. The Morgan fingerprint density at radius 3 is 2.56 bits per heavy atom. The first-order valence-electron chi connectivity index (χ1n) is 9.14. The average molecular weight is 372 g/mol. The van der Waals surface area contributed by atoms with Crippen LogP contribution in [-0.2, 0) is 14.4 Å². The molecular weight excluding hydrogens is 348 g/mol. The van der Waals surface area contributed by atoms with Gasteiger partial charge in [0.25, 0.3) is 11.7 Å². The number of anilines is 1. The van der Waals surface area contributed by atoms with Crippen LogP contribution in [0.1, 0.15) is 23.7 Å². The van der Waals surface area contributed by atoms with Crippen molar-refractivity contribution in [2.24, 2.45) is 0 Å². The normalized spacial score (nSPS) is 20.2. The molecule has 0 aromatic heterocycles. The molecule has 2 heterocycles. The predicted octanol–water partition coefficient (Wildman–Crippen LogP) is 0.203. The van der Waals surface area contributed by atoms with Gasteiger partial charge in [0.05, 0.1) is 11.3 Å². The summed E-state index contributed by atoms with van der Waals surface area (Å²) in [6.45, 7) is 4.33. The zero-order chi connectivity index (χ0) is 19.6. The topological polar surface area (TPSA) is 90.0 Å². The van der Waals surface area contributed by atoms with Crippen LogP contribution in [0.2, 0.25) is 0 Å². The Bertz CT molecular complexity index is 779. The summed E-state index contributed by atoms with van der Waals surface area (Å²) < 4.78 is 0. The van der Waals surface area contributed by atoms with Crippen LogP contribution in [0.25, 0.3) is 0 Å². The molecule has 0 saturated carbocycles. The molecule has 3 rings (SSSR count). The Morgan fingerprint density at radius 1 is 1.11 bits per heavy atom. The maximum atomic E-state index is 12.8. The predicted molar refractivity (Wildman–Crippen MR) is 99.3 cm³/mol. The smallest absolute Gasteiger partial charge is 0.295 e. The summed E-state index contributed by atoms with van der Waals surface area (Å²) in [5, 5.41) is 2.66. The number of likely N-dealkylation sites (N-methyl/N-ethyl adjacent to an activating group) is 1. The number of hydrogen-bond donors (Lipinski definition) is 1. The van der Waals surface area contributed by atoms with E-state index in [1.54, 1.807) is 37.1 Å². The maximum Gasteiger partial charge on any atom is 0.295 e. The van der Waals surface area contributed by atoms with Crippen molar-refractivity contribution < 1.29 is 19.2 Å². The molecule has 3 amide bonds.